The maximum Gasteiger partial charge on any atom is 0.335 e. The fourth-order valence-electron chi connectivity index (χ4n) is 4.04. The van der Waals surface area contributed by atoms with Crippen LogP contribution in [0.15, 0.2) is 59.6 Å². The number of nitrogens with one attached hydrogen (secondary N) is 1. The van der Waals surface area contributed by atoms with Crippen LogP contribution >= 0.6 is 11.3 Å². The molecule has 0 bridgehead atoms. The standard InChI is InChI=1S/C26H26N2O8S2/c29-24(28-26-27-15-22(37-26)35-19-3-1-2-17(14-19)25(30)31)23(36-18-10-12-34-13-11-18)16-4-6-20(7-5-16)38(32,33)21-8-9-21/h1-7,14-15,18,21,23H,8-13H2,(H,30,31)(H,27,28,29). The number of thiazole rings is 1. The van der Waals surface area contributed by atoms with Crippen LogP contribution in [0.2, 0.25) is 0 Å². The smallest absolute Gasteiger partial charge is 0.335 e. The fourth-order valence-corrected chi connectivity index (χ4v) is 6.39. The van der Waals surface area contributed by atoms with Crippen molar-refractivity contribution in [3.05, 3.63) is 65.9 Å². The highest BCUT2D eigenvalue weighted by atomic mass is 32.2. The van der Waals surface area contributed by atoms with Gasteiger partial charge in [0.25, 0.3) is 5.91 Å². The number of hydrogen-bond acceptors (Lipinski definition) is 9. The van der Waals surface area contributed by atoms with Crippen LogP contribution in [0.1, 0.15) is 47.7 Å². The molecule has 3 aromatic rings. The first-order chi connectivity index (χ1) is 18.3. The molecule has 200 valence electrons. The van der Waals surface area contributed by atoms with E-state index in [1.165, 1.54) is 30.5 Å². The van der Waals surface area contributed by atoms with Gasteiger partial charge in [-0.25, -0.2) is 18.2 Å². The monoisotopic (exact) mass is 558 g/mol. The van der Waals surface area contributed by atoms with Crippen molar-refractivity contribution in [3.8, 4) is 10.8 Å². The summed E-state index contributed by atoms with van der Waals surface area (Å²) < 4.78 is 42.4. The molecule has 12 heteroatoms. The molecule has 2 N–H and O–H groups in total. The Bertz CT molecular complexity index is 1410. The zero-order valence-corrected chi connectivity index (χ0v) is 21.9. The number of hydrogen-bond donors (Lipinski definition) is 2. The summed E-state index contributed by atoms with van der Waals surface area (Å²) in [6.45, 7) is 1.07. The van der Waals surface area contributed by atoms with Crippen LogP contribution in [0.25, 0.3) is 0 Å². The van der Waals surface area contributed by atoms with Crippen molar-refractivity contribution < 1.29 is 37.3 Å². The minimum absolute atomic E-state index is 0.0876. The van der Waals surface area contributed by atoms with E-state index in [2.05, 4.69) is 10.3 Å². The van der Waals surface area contributed by atoms with Gasteiger partial charge < -0.3 is 19.3 Å². The number of ether oxygens (including phenoxy) is 3. The summed E-state index contributed by atoms with van der Waals surface area (Å²) in [4.78, 5) is 29.0. The molecule has 1 amide bonds. The molecule has 2 fully saturated rings. The van der Waals surface area contributed by atoms with Gasteiger partial charge in [-0.05, 0) is 61.6 Å². The van der Waals surface area contributed by atoms with Crippen LogP contribution in [-0.2, 0) is 24.1 Å². The quantitative estimate of drug-likeness (QED) is 0.369. The first-order valence-electron chi connectivity index (χ1n) is 12.1. The SMILES string of the molecule is O=C(O)c1cccc(Oc2cnc(NC(=O)C(OC3CCOCC3)c3ccc(S(=O)(=O)C4CC4)cc3)s2)c1. The number of rotatable bonds is 10. The lowest BCUT2D eigenvalue weighted by Gasteiger charge is -2.27. The van der Waals surface area contributed by atoms with Gasteiger partial charge in [-0.1, -0.05) is 29.5 Å². The third-order valence-corrected chi connectivity index (χ3v) is 9.29. The lowest BCUT2D eigenvalue weighted by atomic mass is 10.1. The van der Waals surface area contributed by atoms with Crippen molar-refractivity contribution in [2.75, 3.05) is 18.5 Å². The highest BCUT2D eigenvalue weighted by Gasteiger charge is 2.37. The number of anilines is 1. The molecule has 2 heterocycles. The van der Waals surface area contributed by atoms with E-state index in [9.17, 15) is 18.0 Å². The molecule has 1 aliphatic carbocycles. The van der Waals surface area contributed by atoms with E-state index in [1.54, 1.807) is 24.3 Å². The van der Waals surface area contributed by atoms with Gasteiger partial charge in [-0.2, -0.15) is 0 Å². The van der Waals surface area contributed by atoms with Gasteiger partial charge in [0.2, 0.25) is 5.06 Å². The number of nitrogens with zero attached hydrogens (tertiary/aromatic N) is 1. The molecule has 1 aliphatic heterocycles. The fraction of sp³-hybridized carbons (Fsp3) is 0.346. The summed E-state index contributed by atoms with van der Waals surface area (Å²) in [5, 5.41) is 12.2. The van der Waals surface area contributed by atoms with Crippen LogP contribution in [0.4, 0.5) is 5.13 Å². The van der Waals surface area contributed by atoms with E-state index in [0.717, 1.165) is 11.3 Å². The summed E-state index contributed by atoms with van der Waals surface area (Å²) >= 11 is 1.08. The van der Waals surface area contributed by atoms with Crippen molar-refractivity contribution in [1.29, 1.82) is 0 Å². The number of benzene rings is 2. The number of carbonyl (C=O) groups excluding carboxylic acids is 1. The summed E-state index contributed by atoms with van der Waals surface area (Å²) in [5.41, 5.74) is 0.617. The Balaban J connectivity index is 1.31. The van der Waals surface area contributed by atoms with E-state index in [0.29, 0.717) is 55.3 Å². The second kappa shape index (κ2) is 11.2. The maximum absolute atomic E-state index is 13.3. The molecular formula is C26H26N2O8S2. The Hall–Kier alpha value is -3.32. The number of aromatic nitrogens is 1. The highest BCUT2D eigenvalue weighted by molar-refractivity contribution is 7.92. The molecule has 1 unspecified atom stereocenters. The Labute approximate surface area is 223 Å². The van der Waals surface area contributed by atoms with Crippen LogP contribution < -0.4 is 10.1 Å². The molecule has 1 saturated carbocycles. The third kappa shape index (κ3) is 6.21. The van der Waals surface area contributed by atoms with Crippen LogP contribution in [0.3, 0.4) is 0 Å². The number of carbonyl (C=O) groups is 2. The predicted molar refractivity (Wildman–Crippen MR) is 139 cm³/mol. The molecule has 5 rings (SSSR count). The molecule has 38 heavy (non-hydrogen) atoms. The Kier molecular flexibility index (Phi) is 7.75. The van der Waals surface area contributed by atoms with E-state index < -0.39 is 27.8 Å². The summed E-state index contributed by atoms with van der Waals surface area (Å²) in [5.74, 6) is -1.20. The Morgan fingerprint density at radius 1 is 1.08 bits per heavy atom. The number of amides is 1. The second-order valence-electron chi connectivity index (χ2n) is 9.05. The van der Waals surface area contributed by atoms with Gasteiger partial charge in [0, 0.05) is 13.2 Å². The predicted octanol–water partition coefficient (Wildman–Crippen LogP) is 4.45. The molecule has 1 saturated heterocycles. The van der Waals surface area contributed by atoms with E-state index in [4.69, 9.17) is 19.3 Å². The number of aromatic carboxylic acids is 1. The highest BCUT2D eigenvalue weighted by Crippen LogP contribution is 2.35. The van der Waals surface area contributed by atoms with E-state index >= 15 is 0 Å². The van der Waals surface area contributed by atoms with Gasteiger partial charge in [0.05, 0.1) is 28.0 Å². The van der Waals surface area contributed by atoms with Crippen LogP contribution in [0.5, 0.6) is 10.8 Å². The summed E-state index contributed by atoms with van der Waals surface area (Å²) in [7, 11) is -3.35. The largest absolute Gasteiger partial charge is 0.478 e. The Morgan fingerprint density at radius 3 is 2.50 bits per heavy atom. The van der Waals surface area contributed by atoms with E-state index in [-0.39, 0.29) is 26.9 Å². The van der Waals surface area contributed by atoms with Gasteiger partial charge in [0.15, 0.2) is 21.1 Å². The lowest BCUT2D eigenvalue weighted by molar-refractivity contribution is -0.136. The first-order valence-corrected chi connectivity index (χ1v) is 14.5. The minimum atomic E-state index is -3.35. The molecule has 2 aromatic carbocycles. The lowest BCUT2D eigenvalue weighted by Crippen LogP contribution is -2.31. The third-order valence-electron chi connectivity index (χ3n) is 6.22. The van der Waals surface area contributed by atoms with Crippen molar-refractivity contribution in [2.24, 2.45) is 0 Å². The average Bonchev–Trinajstić information content (AvgIpc) is 3.70. The normalized spacial score (nSPS) is 17.1. The van der Waals surface area contributed by atoms with Crippen LogP contribution in [0, 0.1) is 0 Å². The second-order valence-corrected chi connectivity index (χ2v) is 12.3. The van der Waals surface area contributed by atoms with Crippen molar-refractivity contribution in [2.45, 2.75) is 48.0 Å². The maximum atomic E-state index is 13.3. The molecule has 1 aromatic heterocycles. The summed E-state index contributed by atoms with van der Waals surface area (Å²) in [6.07, 6.45) is 2.88. The van der Waals surface area contributed by atoms with Gasteiger partial charge in [-0.3, -0.25) is 10.1 Å². The topological polar surface area (TPSA) is 141 Å². The minimum Gasteiger partial charge on any atom is -0.478 e. The van der Waals surface area contributed by atoms with Gasteiger partial charge in [-0.15, -0.1) is 0 Å². The zero-order valence-electron chi connectivity index (χ0n) is 20.2. The molecule has 0 spiro atoms. The molecular weight excluding hydrogens is 532 g/mol. The van der Waals surface area contributed by atoms with E-state index in [1.807, 2.05) is 0 Å². The first kappa shape index (κ1) is 26.3. The van der Waals surface area contributed by atoms with Gasteiger partial charge in [0.1, 0.15) is 5.75 Å². The average molecular weight is 559 g/mol. The molecule has 10 nitrogen and oxygen atoms in total. The zero-order chi connectivity index (χ0) is 26.7. The molecule has 0 radical (unpaired) electrons. The Morgan fingerprint density at radius 2 is 1.82 bits per heavy atom. The van der Waals surface area contributed by atoms with Crippen molar-refractivity contribution in [3.63, 3.8) is 0 Å². The van der Waals surface area contributed by atoms with Crippen LogP contribution in [-0.4, -0.2) is 55.0 Å². The molecule has 1 atom stereocenters. The van der Waals surface area contributed by atoms with Gasteiger partial charge >= 0.3 is 5.97 Å². The number of carboxylic acid groups (broad SMARTS) is 1. The number of sulfone groups is 1. The summed E-state index contributed by atoms with van der Waals surface area (Å²) in [6, 6.07) is 12.3. The molecule has 2 aliphatic rings. The van der Waals surface area contributed by atoms with Crippen molar-refractivity contribution in [1.82, 2.24) is 4.98 Å². The number of carboxylic acids is 1. The van der Waals surface area contributed by atoms with Crippen molar-refractivity contribution >= 4 is 38.2 Å².